The normalized spacial score (nSPS) is 24.4. The van der Waals surface area contributed by atoms with Crippen molar-refractivity contribution in [3.63, 3.8) is 0 Å². The first-order valence-corrected chi connectivity index (χ1v) is 8.68. The van der Waals surface area contributed by atoms with Crippen molar-refractivity contribution < 1.29 is 9.84 Å². The van der Waals surface area contributed by atoms with E-state index in [1.807, 2.05) is 36.5 Å². The van der Waals surface area contributed by atoms with Crippen molar-refractivity contribution in [1.29, 1.82) is 0 Å². The summed E-state index contributed by atoms with van der Waals surface area (Å²) in [4.78, 5) is 8.72. The number of pyridine rings is 1. The van der Waals surface area contributed by atoms with Crippen molar-refractivity contribution in [3.05, 3.63) is 59.8 Å². The molecule has 0 amide bonds. The van der Waals surface area contributed by atoms with Gasteiger partial charge < -0.3 is 9.84 Å². The van der Waals surface area contributed by atoms with Crippen molar-refractivity contribution in [2.24, 2.45) is 0 Å². The van der Waals surface area contributed by atoms with Crippen molar-refractivity contribution in [2.45, 2.75) is 24.6 Å². The molecule has 1 aromatic carbocycles. The molecule has 2 atom stereocenters. The van der Waals surface area contributed by atoms with Crippen LogP contribution in [0.4, 0.5) is 0 Å². The van der Waals surface area contributed by atoms with Gasteiger partial charge in [0, 0.05) is 31.9 Å². The van der Waals surface area contributed by atoms with Gasteiger partial charge in [0.05, 0.1) is 18.8 Å². The number of likely N-dealkylation sites (N-methyl/N-ethyl adjacent to an activating group) is 1. The third-order valence-electron chi connectivity index (χ3n) is 5.28. The maximum absolute atomic E-state index is 11.1. The van der Waals surface area contributed by atoms with Crippen LogP contribution in [0.5, 0.6) is 5.88 Å². The Morgan fingerprint density at radius 1 is 1.24 bits per heavy atom. The number of ether oxygens (including phenoxy) is 1. The average Bonchev–Trinajstić information content (AvgIpc) is 2.63. The molecule has 0 bridgehead atoms. The molecule has 5 nitrogen and oxygen atoms in total. The molecule has 1 N–H and O–H groups in total. The fourth-order valence-corrected chi connectivity index (χ4v) is 3.85. The van der Waals surface area contributed by atoms with E-state index in [1.54, 1.807) is 7.11 Å². The minimum atomic E-state index is -0.454. The van der Waals surface area contributed by atoms with Gasteiger partial charge in [0.15, 0.2) is 0 Å². The number of aromatic nitrogens is 1. The predicted molar refractivity (Wildman–Crippen MR) is 98.5 cm³/mol. The van der Waals surface area contributed by atoms with Gasteiger partial charge in [0.2, 0.25) is 5.88 Å². The molecule has 1 fully saturated rings. The lowest BCUT2D eigenvalue weighted by Crippen LogP contribution is -2.59. The van der Waals surface area contributed by atoms with Gasteiger partial charge in [-0.25, -0.2) is 4.98 Å². The van der Waals surface area contributed by atoms with Gasteiger partial charge in [-0.1, -0.05) is 36.4 Å². The van der Waals surface area contributed by atoms with Gasteiger partial charge >= 0.3 is 0 Å². The number of aliphatic hydroxyl groups excluding tert-OH is 1. The second-order valence-electron chi connectivity index (χ2n) is 6.89. The quantitative estimate of drug-likeness (QED) is 0.903. The topological polar surface area (TPSA) is 48.8 Å². The van der Waals surface area contributed by atoms with E-state index in [2.05, 4.69) is 41.0 Å². The molecule has 0 radical (unpaired) electrons. The number of hydrogen-bond donors (Lipinski definition) is 1. The summed E-state index contributed by atoms with van der Waals surface area (Å²) in [6.45, 7) is 2.35. The Balaban J connectivity index is 1.74. The summed E-state index contributed by atoms with van der Waals surface area (Å²) in [5.74, 6) is 0.623. The SMILES string of the molecule is COc1ccc(CN2CC[C@@](c3ccccc3)(N(C)C)[C@H](O)C2)cn1. The van der Waals surface area contributed by atoms with Gasteiger partial charge in [-0.15, -0.1) is 0 Å². The minimum absolute atomic E-state index is 0.337. The van der Waals surface area contributed by atoms with Crippen LogP contribution >= 0.6 is 0 Å². The molecule has 0 aliphatic carbocycles. The number of methoxy groups -OCH3 is 1. The molecule has 0 spiro atoms. The summed E-state index contributed by atoms with van der Waals surface area (Å²) in [5.41, 5.74) is 1.97. The van der Waals surface area contributed by atoms with Crippen molar-refractivity contribution in [2.75, 3.05) is 34.3 Å². The number of benzene rings is 1. The van der Waals surface area contributed by atoms with E-state index < -0.39 is 6.10 Å². The van der Waals surface area contributed by atoms with Crippen LogP contribution in [0.1, 0.15) is 17.5 Å². The zero-order chi connectivity index (χ0) is 17.9. The van der Waals surface area contributed by atoms with Gasteiger partial charge in [0.25, 0.3) is 0 Å². The van der Waals surface area contributed by atoms with Crippen LogP contribution in [-0.4, -0.2) is 60.3 Å². The van der Waals surface area contributed by atoms with Gasteiger partial charge in [-0.3, -0.25) is 9.80 Å². The lowest BCUT2D eigenvalue weighted by Gasteiger charge is -2.50. The molecule has 134 valence electrons. The number of rotatable bonds is 5. The third-order valence-corrected chi connectivity index (χ3v) is 5.28. The van der Waals surface area contributed by atoms with E-state index in [0.29, 0.717) is 12.4 Å². The first-order valence-electron chi connectivity index (χ1n) is 8.68. The Hall–Kier alpha value is -1.95. The van der Waals surface area contributed by atoms with Crippen molar-refractivity contribution in [3.8, 4) is 5.88 Å². The molecule has 25 heavy (non-hydrogen) atoms. The maximum Gasteiger partial charge on any atom is 0.212 e. The lowest BCUT2D eigenvalue weighted by molar-refractivity contribution is -0.0703. The van der Waals surface area contributed by atoms with Gasteiger partial charge in [-0.05, 0) is 31.6 Å². The fraction of sp³-hybridized carbons (Fsp3) is 0.450. The van der Waals surface area contributed by atoms with Crippen LogP contribution in [0.3, 0.4) is 0 Å². The summed E-state index contributed by atoms with van der Waals surface area (Å²) in [6.07, 6.45) is 2.27. The second-order valence-corrected chi connectivity index (χ2v) is 6.89. The summed E-state index contributed by atoms with van der Waals surface area (Å²) >= 11 is 0. The molecule has 2 heterocycles. The number of hydrogen-bond acceptors (Lipinski definition) is 5. The van der Waals surface area contributed by atoms with Crippen LogP contribution in [0.15, 0.2) is 48.7 Å². The fourth-order valence-electron chi connectivity index (χ4n) is 3.85. The Bertz CT molecular complexity index is 675. The number of likely N-dealkylation sites (tertiary alicyclic amines) is 1. The van der Waals surface area contributed by atoms with Crippen LogP contribution in [0.25, 0.3) is 0 Å². The van der Waals surface area contributed by atoms with E-state index in [-0.39, 0.29) is 5.54 Å². The molecule has 0 saturated carbocycles. The zero-order valence-electron chi connectivity index (χ0n) is 15.2. The number of aliphatic hydroxyl groups is 1. The van der Waals surface area contributed by atoms with Gasteiger partial charge in [-0.2, -0.15) is 0 Å². The highest BCUT2D eigenvalue weighted by Crippen LogP contribution is 2.37. The smallest absolute Gasteiger partial charge is 0.212 e. The van der Waals surface area contributed by atoms with E-state index in [4.69, 9.17) is 4.74 Å². The van der Waals surface area contributed by atoms with E-state index >= 15 is 0 Å². The van der Waals surface area contributed by atoms with E-state index in [9.17, 15) is 5.11 Å². The summed E-state index contributed by atoms with van der Waals surface area (Å²) in [5, 5.41) is 11.1. The molecule has 5 heteroatoms. The van der Waals surface area contributed by atoms with Crippen LogP contribution in [0, 0.1) is 0 Å². The predicted octanol–water partition coefficient (Wildman–Crippen LogP) is 2.11. The van der Waals surface area contributed by atoms with Crippen molar-refractivity contribution in [1.82, 2.24) is 14.8 Å². The van der Waals surface area contributed by atoms with E-state index in [0.717, 1.165) is 25.1 Å². The maximum atomic E-state index is 11.1. The highest BCUT2D eigenvalue weighted by molar-refractivity contribution is 5.28. The lowest BCUT2D eigenvalue weighted by atomic mass is 9.77. The van der Waals surface area contributed by atoms with E-state index in [1.165, 1.54) is 5.56 Å². The number of piperidine rings is 1. The molecule has 2 aromatic rings. The summed E-state index contributed by atoms with van der Waals surface area (Å²) in [7, 11) is 5.73. The van der Waals surface area contributed by atoms with Crippen LogP contribution in [-0.2, 0) is 12.1 Å². The molecule has 0 unspecified atom stereocenters. The largest absolute Gasteiger partial charge is 0.481 e. The second kappa shape index (κ2) is 7.52. The Labute approximate surface area is 149 Å². The molecule has 1 aliphatic heterocycles. The molecule has 1 aromatic heterocycles. The summed E-state index contributed by atoms with van der Waals surface area (Å²) in [6, 6.07) is 14.3. The molecule has 1 saturated heterocycles. The highest BCUT2D eigenvalue weighted by atomic mass is 16.5. The van der Waals surface area contributed by atoms with Crippen LogP contribution in [0.2, 0.25) is 0 Å². The minimum Gasteiger partial charge on any atom is -0.481 e. The number of nitrogens with zero attached hydrogens (tertiary/aromatic N) is 3. The molecular formula is C20H27N3O2. The monoisotopic (exact) mass is 341 g/mol. The molecular weight excluding hydrogens is 314 g/mol. The number of β-amino-alcohol motifs (C(OH)–C–C–N with tert-alkyl or cyclic N) is 1. The van der Waals surface area contributed by atoms with Gasteiger partial charge in [0.1, 0.15) is 0 Å². The first kappa shape index (κ1) is 17.9. The highest BCUT2D eigenvalue weighted by Gasteiger charge is 2.45. The van der Waals surface area contributed by atoms with Crippen LogP contribution < -0.4 is 4.74 Å². The first-order chi connectivity index (χ1) is 12.1. The van der Waals surface area contributed by atoms with Crippen molar-refractivity contribution >= 4 is 0 Å². The Kier molecular flexibility index (Phi) is 5.37. The summed E-state index contributed by atoms with van der Waals surface area (Å²) < 4.78 is 5.11. The standard InChI is InChI=1S/C20H27N3O2/c1-22(2)20(17-7-5-4-6-8-17)11-12-23(15-18(20)24)14-16-9-10-19(25-3)21-13-16/h4-10,13,18,24H,11-12,14-15H2,1-3H3/t18-,20+/m1/s1. The Morgan fingerprint density at radius 2 is 2.00 bits per heavy atom. The molecule has 3 rings (SSSR count). The third kappa shape index (κ3) is 3.54. The average molecular weight is 341 g/mol. The molecule has 1 aliphatic rings. The zero-order valence-corrected chi connectivity index (χ0v) is 15.2. The Morgan fingerprint density at radius 3 is 2.56 bits per heavy atom.